The van der Waals surface area contributed by atoms with Gasteiger partial charge in [0.25, 0.3) is 0 Å². The molecule has 0 radical (unpaired) electrons. The van der Waals surface area contributed by atoms with E-state index in [-0.39, 0.29) is 0 Å². The molecule has 2 unspecified atom stereocenters. The van der Waals surface area contributed by atoms with Crippen LogP contribution in [0, 0.1) is 28.1 Å². The van der Waals surface area contributed by atoms with Crippen LogP contribution in [0.3, 0.4) is 0 Å². The second-order valence-corrected chi connectivity index (χ2v) is 8.86. The second kappa shape index (κ2) is 6.91. The largest absolute Gasteiger partial charge is 0.312 e. The molecule has 1 saturated heterocycles. The van der Waals surface area contributed by atoms with E-state index >= 15 is 0 Å². The standard InChI is InChI=1S/C17H33N3/c1-16(2,3)10-14-9-15(19-13-17(4,5)6)12-20(11-14)8-7-18/h14-15,19H,8-13H2,1-6H3. The van der Waals surface area contributed by atoms with Gasteiger partial charge in [-0.1, -0.05) is 41.5 Å². The van der Waals surface area contributed by atoms with Gasteiger partial charge in [0.05, 0.1) is 12.6 Å². The third-order valence-corrected chi connectivity index (χ3v) is 3.73. The number of nitrogens with zero attached hydrogens (tertiary/aromatic N) is 2. The topological polar surface area (TPSA) is 39.1 Å². The average molecular weight is 279 g/mol. The Balaban J connectivity index is 2.59. The molecule has 1 fully saturated rings. The van der Waals surface area contributed by atoms with Crippen molar-refractivity contribution in [3.8, 4) is 6.07 Å². The Morgan fingerprint density at radius 2 is 1.75 bits per heavy atom. The fraction of sp³-hybridized carbons (Fsp3) is 0.941. The van der Waals surface area contributed by atoms with Gasteiger partial charge in [-0.2, -0.15) is 5.26 Å². The van der Waals surface area contributed by atoms with E-state index in [0.29, 0.717) is 29.3 Å². The first kappa shape index (κ1) is 17.5. The summed E-state index contributed by atoms with van der Waals surface area (Å²) in [5.74, 6) is 0.703. The first-order valence-electron chi connectivity index (χ1n) is 7.92. The van der Waals surface area contributed by atoms with Crippen LogP contribution in [0.2, 0.25) is 0 Å². The number of rotatable bonds is 4. The number of piperidine rings is 1. The highest BCUT2D eigenvalue weighted by molar-refractivity contribution is 4.89. The van der Waals surface area contributed by atoms with Crippen LogP contribution in [0.5, 0.6) is 0 Å². The van der Waals surface area contributed by atoms with E-state index in [1.807, 2.05) is 0 Å². The van der Waals surface area contributed by atoms with Crippen LogP contribution in [0.1, 0.15) is 54.4 Å². The average Bonchev–Trinajstić information content (AvgIpc) is 2.23. The number of hydrogen-bond acceptors (Lipinski definition) is 3. The minimum atomic E-state index is 0.316. The summed E-state index contributed by atoms with van der Waals surface area (Å²) in [5.41, 5.74) is 0.686. The number of hydrogen-bond donors (Lipinski definition) is 1. The van der Waals surface area contributed by atoms with Crippen molar-refractivity contribution in [1.29, 1.82) is 5.26 Å². The van der Waals surface area contributed by atoms with Crippen LogP contribution in [0.25, 0.3) is 0 Å². The van der Waals surface area contributed by atoms with Crippen molar-refractivity contribution in [3.63, 3.8) is 0 Å². The molecular weight excluding hydrogens is 246 g/mol. The maximum atomic E-state index is 8.97. The molecule has 3 nitrogen and oxygen atoms in total. The summed E-state index contributed by atoms with van der Waals surface area (Å²) >= 11 is 0. The predicted molar refractivity (Wildman–Crippen MR) is 85.5 cm³/mol. The lowest BCUT2D eigenvalue weighted by Crippen LogP contribution is -2.51. The summed E-state index contributed by atoms with van der Waals surface area (Å²) in [6, 6.07) is 2.84. The highest BCUT2D eigenvalue weighted by Crippen LogP contribution is 2.30. The Kier molecular flexibility index (Phi) is 6.04. The summed E-state index contributed by atoms with van der Waals surface area (Å²) in [6.07, 6.45) is 2.48. The molecule has 1 aliphatic heterocycles. The highest BCUT2D eigenvalue weighted by Gasteiger charge is 2.30. The quantitative estimate of drug-likeness (QED) is 0.803. The molecule has 1 aliphatic rings. The van der Waals surface area contributed by atoms with E-state index in [1.54, 1.807) is 0 Å². The molecule has 0 aromatic rings. The van der Waals surface area contributed by atoms with Gasteiger partial charge in [0, 0.05) is 25.7 Å². The molecule has 3 heteroatoms. The lowest BCUT2D eigenvalue weighted by molar-refractivity contribution is 0.120. The van der Waals surface area contributed by atoms with Gasteiger partial charge >= 0.3 is 0 Å². The third kappa shape index (κ3) is 7.26. The van der Waals surface area contributed by atoms with E-state index in [0.717, 1.165) is 19.6 Å². The van der Waals surface area contributed by atoms with E-state index in [1.165, 1.54) is 12.8 Å². The molecule has 1 rings (SSSR count). The molecule has 116 valence electrons. The summed E-state index contributed by atoms with van der Waals surface area (Å²) in [4.78, 5) is 2.32. The SMILES string of the molecule is CC(C)(C)CNC1CC(CC(C)(C)C)CN(CC#N)C1. The van der Waals surface area contributed by atoms with Gasteiger partial charge in [-0.25, -0.2) is 0 Å². The summed E-state index contributed by atoms with van der Waals surface area (Å²) in [6.45, 7) is 17.4. The molecule has 0 spiro atoms. The van der Waals surface area contributed by atoms with Gasteiger partial charge in [0.1, 0.15) is 0 Å². The molecular formula is C17H33N3. The van der Waals surface area contributed by atoms with Crippen molar-refractivity contribution in [1.82, 2.24) is 10.2 Å². The van der Waals surface area contributed by atoms with Crippen LogP contribution in [-0.4, -0.2) is 37.1 Å². The maximum Gasteiger partial charge on any atom is 0.0866 e. The molecule has 0 amide bonds. The number of likely N-dealkylation sites (tertiary alicyclic amines) is 1. The zero-order valence-corrected chi connectivity index (χ0v) is 14.3. The van der Waals surface area contributed by atoms with Crippen molar-refractivity contribution in [2.45, 2.75) is 60.4 Å². The van der Waals surface area contributed by atoms with E-state index in [2.05, 4.69) is 57.8 Å². The summed E-state index contributed by atoms with van der Waals surface area (Å²) in [5, 5.41) is 12.7. The Labute approximate surface area is 125 Å². The van der Waals surface area contributed by atoms with Gasteiger partial charge in [0.2, 0.25) is 0 Å². The first-order valence-corrected chi connectivity index (χ1v) is 7.92. The van der Waals surface area contributed by atoms with Crippen LogP contribution in [-0.2, 0) is 0 Å². The van der Waals surface area contributed by atoms with E-state index in [4.69, 9.17) is 5.26 Å². The Morgan fingerprint density at radius 3 is 2.25 bits per heavy atom. The zero-order valence-electron chi connectivity index (χ0n) is 14.3. The summed E-state index contributed by atoms with van der Waals surface area (Å²) in [7, 11) is 0. The minimum Gasteiger partial charge on any atom is -0.312 e. The fourth-order valence-corrected chi connectivity index (χ4v) is 3.14. The minimum absolute atomic E-state index is 0.316. The molecule has 0 aliphatic carbocycles. The molecule has 2 atom stereocenters. The Morgan fingerprint density at radius 1 is 1.10 bits per heavy atom. The van der Waals surface area contributed by atoms with Gasteiger partial charge in [0.15, 0.2) is 0 Å². The maximum absolute atomic E-state index is 8.97. The van der Waals surface area contributed by atoms with Gasteiger partial charge in [-0.05, 0) is 29.6 Å². The van der Waals surface area contributed by atoms with Crippen molar-refractivity contribution in [2.24, 2.45) is 16.7 Å². The molecule has 0 saturated carbocycles. The van der Waals surface area contributed by atoms with Crippen LogP contribution >= 0.6 is 0 Å². The molecule has 0 bridgehead atoms. The summed E-state index contributed by atoms with van der Waals surface area (Å²) < 4.78 is 0. The van der Waals surface area contributed by atoms with Crippen molar-refractivity contribution in [2.75, 3.05) is 26.2 Å². The molecule has 20 heavy (non-hydrogen) atoms. The molecule has 1 N–H and O–H groups in total. The van der Waals surface area contributed by atoms with Crippen LogP contribution < -0.4 is 5.32 Å². The van der Waals surface area contributed by atoms with Crippen molar-refractivity contribution >= 4 is 0 Å². The lowest BCUT2D eigenvalue weighted by atomic mass is 9.80. The Bertz CT molecular complexity index is 330. The third-order valence-electron chi connectivity index (χ3n) is 3.73. The van der Waals surface area contributed by atoms with E-state index < -0.39 is 0 Å². The Hall–Kier alpha value is -0.590. The monoisotopic (exact) mass is 279 g/mol. The smallest absolute Gasteiger partial charge is 0.0866 e. The molecule has 0 aromatic heterocycles. The fourth-order valence-electron chi connectivity index (χ4n) is 3.14. The highest BCUT2D eigenvalue weighted by atomic mass is 15.2. The van der Waals surface area contributed by atoms with Crippen LogP contribution in [0.15, 0.2) is 0 Å². The number of nitrogens with one attached hydrogen (secondary N) is 1. The van der Waals surface area contributed by atoms with Gasteiger partial charge in [-0.3, -0.25) is 4.90 Å². The predicted octanol–water partition coefficient (Wildman–Crippen LogP) is 3.27. The normalized spacial score (nSPS) is 25.4. The lowest BCUT2D eigenvalue weighted by Gasteiger charge is -2.40. The van der Waals surface area contributed by atoms with Crippen molar-refractivity contribution in [3.05, 3.63) is 0 Å². The van der Waals surface area contributed by atoms with Gasteiger partial charge in [-0.15, -0.1) is 0 Å². The van der Waals surface area contributed by atoms with E-state index in [9.17, 15) is 0 Å². The van der Waals surface area contributed by atoms with Gasteiger partial charge < -0.3 is 5.32 Å². The zero-order chi connectivity index (χ0) is 15.4. The van der Waals surface area contributed by atoms with Crippen LogP contribution in [0.4, 0.5) is 0 Å². The number of nitriles is 1. The first-order chi connectivity index (χ1) is 9.09. The molecule has 1 heterocycles. The second-order valence-electron chi connectivity index (χ2n) is 8.86. The van der Waals surface area contributed by atoms with Crippen molar-refractivity contribution < 1.29 is 0 Å². The molecule has 0 aromatic carbocycles.